The summed E-state index contributed by atoms with van der Waals surface area (Å²) in [6.07, 6.45) is 9.01. The second kappa shape index (κ2) is 3.79. The number of allylic oxidation sites excluding steroid dienone is 1. The van der Waals surface area contributed by atoms with E-state index in [1.807, 2.05) is 0 Å². The first kappa shape index (κ1) is 9.65. The van der Waals surface area contributed by atoms with E-state index in [1.165, 1.54) is 27.5 Å². The van der Waals surface area contributed by atoms with Crippen LogP contribution in [0.4, 0.5) is 0 Å². The molecule has 0 saturated carbocycles. The minimum absolute atomic E-state index is 1.07. The zero-order chi connectivity index (χ0) is 11.0. The molecule has 1 radical (unpaired) electrons. The number of rotatable bonds is 2. The van der Waals surface area contributed by atoms with E-state index in [9.17, 15) is 0 Å². The zero-order valence-electron chi connectivity index (χ0n) is 9.53. The molecule has 79 valence electrons. The van der Waals surface area contributed by atoms with E-state index in [0.717, 1.165) is 12.8 Å². The maximum absolute atomic E-state index is 2.31. The maximum atomic E-state index is 2.31. The van der Waals surface area contributed by atoms with Crippen LogP contribution in [-0.4, -0.2) is 0 Å². The van der Waals surface area contributed by atoms with Crippen molar-refractivity contribution in [2.24, 2.45) is 0 Å². The van der Waals surface area contributed by atoms with E-state index >= 15 is 0 Å². The average molecular weight is 207 g/mol. The lowest BCUT2D eigenvalue weighted by molar-refractivity contribution is 1.12. The van der Waals surface area contributed by atoms with Crippen LogP contribution >= 0.6 is 0 Å². The van der Waals surface area contributed by atoms with Gasteiger partial charge in [0.25, 0.3) is 0 Å². The van der Waals surface area contributed by atoms with Crippen LogP contribution in [0.2, 0.25) is 0 Å². The molecule has 0 aromatic heterocycles. The molecule has 0 bridgehead atoms. The highest BCUT2D eigenvalue weighted by Crippen LogP contribution is 2.31. The first-order valence-electron chi connectivity index (χ1n) is 5.94. The van der Waals surface area contributed by atoms with Gasteiger partial charge in [-0.05, 0) is 46.7 Å². The lowest BCUT2D eigenvalue weighted by atomic mass is 9.89. The Labute approximate surface area is 96.6 Å². The van der Waals surface area contributed by atoms with Crippen molar-refractivity contribution in [3.05, 3.63) is 59.5 Å². The second-order valence-electron chi connectivity index (χ2n) is 4.30. The summed E-state index contributed by atoms with van der Waals surface area (Å²) >= 11 is 0. The van der Waals surface area contributed by atoms with Crippen LogP contribution in [0.15, 0.2) is 36.4 Å². The van der Waals surface area contributed by atoms with E-state index in [2.05, 4.69) is 55.8 Å². The normalized spacial score (nSPS) is 13.3. The Balaban J connectivity index is 2.35. The van der Waals surface area contributed by atoms with Crippen molar-refractivity contribution >= 4 is 16.8 Å². The Morgan fingerprint density at radius 1 is 1.19 bits per heavy atom. The lowest BCUT2D eigenvalue weighted by Crippen LogP contribution is -1.96. The van der Waals surface area contributed by atoms with Crippen molar-refractivity contribution in [3.8, 4) is 0 Å². The molecule has 0 aliphatic heterocycles. The third kappa shape index (κ3) is 1.37. The molecular formula is C16H15. The fourth-order valence-corrected chi connectivity index (χ4v) is 2.55. The van der Waals surface area contributed by atoms with Crippen LogP contribution in [-0.2, 0) is 6.42 Å². The maximum Gasteiger partial charge on any atom is -0.00734 e. The van der Waals surface area contributed by atoms with E-state index in [0.29, 0.717) is 0 Å². The van der Waals surface area contributed by atoms with Gasteiger partial charge >= 0.3 is 0 Å². The smallest absolute Gasteiger partial charge is 0.00734 e. The molecule has 1 aliphatic rings. The molecular weight excluding hydrogens is 192 g/mol. The van der Waals surface area contributed by atoms with E-state index in [-0.39, 0.29) is 0 Å². The van der Waals surface area contributed by atoms with Crippen LogP contribution < -0.4 is 0 Å². The third-order valence-electron chi connectivity index (χ3n) is 3.25. The fraction of sp³-hybridized carbons (Fsp3) is 0.188. The van der Waals surface area contributed by atoms with Gasteiger partial charge in [-0.25, -0.2) is 0 Å². The third-order valence-corrected chi connectivity index (χ3v) is 3.25. The van der Waals surface area contributed by atoms with Crippen molar-refractivity contribution < 1.29 is 0 Å². The number of hydrogen-bond donors (Lipinski definition) is 0. The number of benzene rings is 2. The van der Waals surface area contributed by atoms with Crippen LogP contribution in [0, 0.1) is 6.42 Å². The van der Waals surface area contributed by atoms with Gasteiger partial charge in [-0.15, -0.1) is 0 Å². The Kier molecular flexibility index (Phi) is 2.28. The molecule has 2 aromatic rings. The van der Waals surface area contributed by atoms with Crippen molar-refractivity contribution in [3.63, 3.8) is 0 Å². The molecule has 0 saturated heterocycles. The highest BCUT2D eigenvalue weighted by atomic mass is 14.1. The van der Waals surface area contributed by atoms with Crippen LogP contribution in [0.3, 0.4) is 0 Å². The van der Waals surface area contributed by atoms with E-state index in [4.69, 9.17) is 0 Å². The summed E-state index contributed by atoms with van der Waals surface area (Å²) in [6.45, 7) is 2.19. The minimum atomic E-state index is 1.07. The molecule has 3 rings (SSSR count). The molecule has 0 spiro atoms. The van der Waals surface area contributed by atoms with Crippen molar-refractivity contribution in [2.75, 3.05) is 0 Å². The fourth-order valence-electron chi connectivity index (χ4n) is 2.55. The van der Waals surface area contributed by atoms with Crippen LogP contribution in [0.1, 0.15) is 30.0 Å². The monoisotopic (exact) mass is 207 g/mol. The molecule has 0 amide bonds. The SMILES string of the molecule is CC[CH]c1ccc2cccc3c2c1C=CC3. The van der Waals surface area contributed by atoms with Crippen LogP contribution in [0.25, 0.3) is 16.8 Å². The Morgan fingerprint density at radius 3 is 3.00 bits per heavy atom. The summed E-state index contributed by atoms with van der Waals surface area (Å²) in [5, 5.41) is 2.82. The predicted octanol–water partition coefficient (Wildman–Crippen LogP) is 4.37. The summed E-state index contributed by atoms with van der Waals surface area (Å²) in [6, 6.07) is 11.1. The molecule has 0 unspecified atom stereocenters. The van der Waals surface area contributed by atoms with Crippen LogP contribution in [0.5, 0.6) is 0 Å². The van der Waals surface area contributed by atoms with E-state index in [1.54, 1.807) is 0 Å². The highest BCUT2D eigenvalue weighted by Gasteiger charge is 2.11. The van der Waals surface area contributed by atoms with Gasteiger partial charge in [0.05, 0.1) is 0 Å². The average Bonchev–Trinajstić information content (AvgIpc) is 2.33. The van der Waals surface area contributed by atoms with E-state index < -0.39 is 0 Å². The zero-order valence-corrected chi connectivity index (χ0v) is 9.53. The molecule has 16 heavy (non-hydrogen) atoms. The number of hydrogen-bond acceptors (Lipinski definition) is 0. The summed E-state index contributed by atoms with van der Waals surface area (Å²) in [5.41, 5.74) is 4.24. The quantitative estimate of drug-likeness (QED) is 0.686. The summed E-state index contributed by atoms with van der Waals surface area (Å²) in [4.78, 5) is 0. The molecule has 0 nitrogen and oxygen atoms in total. The minimum Gasteiger partial charge on any atom is -0.0795 e. The largest absolute Gasteiger partial charge is 0.0795 e. The highest BCUT2D eigenvalue weighted by molar-refractivity contribution is 5.96. The molecule has 0 fully saturated rings. The van der Waals surface area contributed by atoms with Gasteiger partial charge in [0.1, 0.15) is 0 Å². The van der Waals surface area contributed by atoms with Gasteiger partial charge < -0.3 is 0 Å². The summed E-state index contributed by atoms with van der Waals surface area (Å²) in [5.74, 6) is 0. The summed E-state index contributed by atoms with van der Waals surface area (Å²) < 4.78 is 0. The predicted molar refractivity (Wildman–Crippen MR) is 70.4 cm³/mol. The van der Waals surface area contributed by atoms with Gasteiger partial charge in [0, 0.05) is 0 Å². The second-order valence-corrected chi connectivity index (χ2v) is 4.30. The lowest BCUT2D eigenvalue weighted by Gasteiger charge is -2.16. The molecule has 0 N–H and O–H groups in total. The van der Waals surface area contributed by atoms with Crippen molar-refractivity contribution in [1.29, 1.82) is 0 Å². The first-order chi connectivity index (χ1) is 7.90. The van der Waals surface area contributed by atoms with Crippen molar-refractivity contribution in [2.45, 2.75) is 19.8 Å². The first-order valence-corrected chi connectivity index (χ1v) is 5.94. The Morgan fingerprint density at radius 2 is 2.12 bits per heavy atom. The molecule has 0 atom stereocenters. The molecule has 1 aliphatic carbocycles. The Hall–Kier alpha value is -1.56. The molecule has 0 heteroatoms. The van der Waals surface area contributed by atoms with Crippen molar-refractivity contribution in [1.82, 2.24) is 0 Å². The summed E-state index contributed by atoms with van der Waals surface area (Å²) in [7, 11) is 0. The Bertz CT molecular complexity index is 562. The van der Waals surface area contributed by atoms with Gasteiger partial charge in [-0.2, -0.15) is 0 Å². The van der Waals surface area contributed by atoms with Gasteiger partial charge in [0.2, 0.25) is 0 Å². The molecule has 2 aromatic carbocycles. The molecule has 0 heterocycles. The van der Waals surface area contributed by atoms with Gasteiger partial charge in [-0.1, -0.05) is 49.4 Å². The standard InChI is InChI=1S/C16H15/c1-2-5-12-10-11-14-7-3-6-13-8-4-9-15(12)16(13)14/h3-7,9-11H,2,8H2,1H3. The van der Waals surface area contributed by atoms with Gasteiger partial charge in [0.15, 0.2) is 0 Å². The van der Waals surface area contributed by atoms with Gasteiger partial charge in [-0.3, -0.25) is 0 Å². The topological polar surface area (TPSA) is 0 Å².